The summed E-state index contributed by atoms with van der Waals surface area (Å²) in [5, 5.41) is 0. The fourth-order valence-corrected chi connectivity index (χ4v) is 2.57. The van der Waals surface area contributed by atoms with E-state index in [1.165, 1.54) is 22.3 Å². The lowest BCUT2D eigenvalue weighted by atomic mass is 9.85. The van der Waals surface area contributed by atoms with Crippen molar-refractivity contribution in [1.29, 1.82) is 0 Å². The molecule has 0 N–H and O–H groups in total. The summed E-state index contributed by atoms with van der Waals surface area (Å²) in [6.07, 6.45) is 0. The van der Waals surface area contributed by atoms with Crippen molar-refractivity contribution in [2.75, 3.05) is 0 Å². The van der Waals surface area contributed by atoms with Gasteiger partial charge in [-0.2, -0.15) is 0 Å². The topological polar surface area (TPSA) is 0 Å². The highest BCUT2D eigenvalue weighted by atomic mass is 35.5. The summed E-state index contributed by atoms with van der Waals surface area (Å²) in [7, 11) is 0. The summed E-state index contributed by atoms with van der Waals surface area (Å²) < 4.78 is 0. The van der Waals surface area contributed by atoms with Crippen molar-refractivity contribution < 1.29 is 0 Å². The van der Waals surface area contributed by atoms with E-state index in [9.17, 15) is 0 Å². The van der Waals surface area contributed by atoms with E-state index >= 15 is 0 Å². The van der Waals surface area contributed by atoms with Gasteiger partial charge >= 0.3 is 0 Å². The zero-order valence-corrected chi connectivity index (χ0v) is 16.7. The Bertz CT molecular complexity index is 346. The van der Waals surface area contributed by atoms with Gasteiger partial charge in [0.2, 0.25) is 0 Å². The van der Waals surface area contributed by atoms with Gasteiger partial charge in [-0.1, -0.05) is 81.4 Å². The minimum Gasteiger partial charge on any atom is -0.122 e. The predicted molar refractivity (Wildman–Crippen MR) is 101 cm³/mol. The smallest absolute Gasteiger partial charge is 0.0479 e. The van der Waals surface area contributed by atoms with E-state index in [4.69, 9.17) is 11.6 Å². The first kappa shape index (κ1) is 22.8. The van der Waals surface area contributed by atoms with Crippen LogP contribution in [0.15, 0.2) is 12.1 Å². The molecule has 0 radical (unpaired) electrons. The number of hydrogen-bond acceptors (Lipinski definition) is 0. The van der Waals surface area contributed by atoms with E-state index in [-0.39, 0.29) is 0 Å². The maximum Gasteiger partial charge on any atom is 0.0479 e. The van der Waals surface area contributed by atoms with E-state index in [0.29, 0.717) is 23.6 Å². The maximum atomic E-state index is 6.16. The molecule has 1 rings (SSSR count). The van der Waals surface area contributed by atoms with Crippen LogP contribution in [0.3, 0.4) is 0 Å². The third-order valence-corrected chi connectivity index (χ3v) is 3.65. The molecular formula is C20H37Cl. The van der Waals surface area contributed by atoms with Gasteiger partial charge < -0.3 is 0 Å². The Labute approximate surface area is 139 Å². The minimum absolute atomic E-state index is 0.542. The Hall–Kier alpha value is -0.490. The van der Waals surface area contributed by atoms with Crippen LogP contribution in [-0.2, 0) is 5.88 Å². The molecule has 0 spiro atoms. The summed E-state index contributed by atoms with van der Waals surface area (Å²) in [5.74, 6) is 2.29. The molecule has 0 aliphatic heterocycles. The Kier molecular flexibility index (Phi) is 13.1. The molecule has 0 aliphatic carbocycles. The van der Waals surface area contributed by atoms with Crippen molar-refractivity contribution in [1.82, 2.24) is 0 Å². The molecule has 0 amide bonds. The van der Waals surface area contributed by atoms with Crippen molar-refractivity contribution in [2.45, 2.75) is 92.9 Å². The first-order valence-electron chi connectivity index (χ1n) is 8.61. The van der Waals surface area contributed by atoms with Gasteiger partial charge in [0.15, 0.2) is 0 Å². The first-order chi connectivity index (χ1) is 9.88. The van der Waals surface area contributed by atoms with Crippen LogP contribution in [0, 0.1) is 0 Å². The number of hydrogen-bond donors (Lipinski definition) is 0. The first-order valence-corrected chi connectivity index (χ1v) is 9.14. The van der Waals surface area contributed by atoms with Crippen LogP contribution in [0.1, 0.15) is 109 Å². The summed E-state index contributed by atoms with van der Waals surface area (Å²) in [6.45, 7) is 21.5. The van der Waals surface area contributed by atoms with Crippen molar-refractivity contribution in [3.8, 4) is 0 Å². The lowest BCUT2D eigenvalue weighted by Crippen LogP contribution is -2.05. The van der Waals surface area contributed by atoms with Gasteiger partial charge in [0.25, 0.3) is 0 Å². The highest BCUT2D eigenvalue weighted by molar-refractivity contribution is 6.17. The summed E-state index contributed by atoms with van der Waals surface area (Å²) >= 11 is 6.16. The third kappa shape index (κ3) is 6.87. The molecule has 0 unspecified atom stereocenters. The average Bonchev–Trinajstić information content (AvgIpc) is 2.49. The van der Waals surface area contributed by atoms with E-state index in [0.717, 1.165) is 0 Å². The zero-order chi connectivity index (χ0) is 17.2. The Morgan fingerprint density at radius 1 is 0.714 bits per heavy atom. The van der Waals surface area contributed by atoms with Gasteiger partial charge in [-0.3, -0.25) is 0 Å². The molecule has 0 fully saturated rings. The Morgan fingerprint density at radius 3 is 1.24 bits per heavy atom. The zero-order valence-electron chi connectivity index (χ0n) is 16.0. The highest BCUT2D eigenvalue weighted by Gasteiger charge is 2.15. The lowest BCUT2D eigenvalue weighted by molar-refractivity contribution is 0.789. The Balaban J connectivity index is 0. The van der Waals surface area contributed by atoms with Crippen LogP contribution in [-0.4, -0.2) is 0 Å². The molecule has 0 nitrogen and oxygen atoms in total. The predicted octanol–water partition coefficient (Wildman–Crippen LogP) is 7.85. The molecule has 1 aromatic carbocycles. The van der Waals surface area contributed by atoms with Crippen molar-refractivity contribution in [3.05, 3.63) is 34.4 Å². The number of rotatable bonds is 4. The quantitative estimate of drug-likeness (QED) is 0.496. The van der Waals surface area contributed by atoms with Gasteiger partial charge in [-0.05, 0) is 40.0 Å². The van der Waals surface area contributed by atoms with Crippen LogP contribution in [0.5, 0.6) is 0 Å². The van der Waals surface area contributed by atoms with Crippen LogP contribution >= 0.6 is 11.6 Å². The molecule has 124 valence electrons. The van der Waals surface area contributed by atoms with Crippen LogP contribution < -0.4 is 0 Å². The molecular weight excluding hydrogens is 276 g/mol. The summed E-state index contributed by atoms with van der Waals surface area (Å²) in [5.41, 5.74) is 5.64. The van der Waals surface area contributed by atoms with Crippen molar-refractivity contribution in [2.24, 2.45) is 0 Å². The van der Waals surface area contributed by atoms with Crippen molar-refractivity contribution in [3.63, 3.8) is 0 Å². The second-order valence-electron chi connectivity index (χ2n) is 5.78. The molecule has 0 atom stereocenters. The number of halogens is 1. The normalized spacial score (nSPS) is 10.2. The van der Waals surface area contributed by atoms with Gasteiger partial charge in [-0.25, -0.2) is 0 Å². The molecule has 0 bridgehead atoms. The standard InChI is InChI=1S/C16H25Cl.2C2H6/c1-10(2)13-7-14(11(3)4)16(9-17)15(8-13)12(5)6;2*1-2/h7-8,10-12H,9H2,1-6H3;2*1-2H3. The van der Waals surface area contributed by atoms with E-state index < -0.39 is 0 Å². The molecule has 0 saturated carbocycles. The largest absolute Gasteiger partial charge is 0.122 e. The average molecular weight is 313 g/mol. The lowest BCUT2D eigenvalue weighted by Gasteiger charge is -2.21. The SMILES string of the molecule is CC.CC.CC(C)c1cc(C(C)C)c(CCl)c(C(C)C)c1. The monoisotopic (exact) mass is 312 g/mol. The Morgan fingerprint density at radius 2 is 1.05 bits per heavy atom. The second kappa shape index (κ2) is 12.1. The fraction of sp³-hybridized carbons (Fsp3) is 0.700. The van der Waals surface area contributed by atoms with Crippen LogP contribution in [0.25, 0.3) is 0 Å². The molecule has 0 saturated heterocycles. The molecule has 0 aliphatic rings. The van der Waals surface area contributed by atoms with E-state index in [2.05, 4.69) is 53.7 Å². The fourth-order valence-electron chi connectivity index (χ4n) is 2.26. The number of benzene rings is 1. The van der Waals surface area contributed by atoms with Gasteiger partial charge in [0.05, 0.1) is 0 Å². The van der Waals surface area contributed by atoms with Crippen LogP contribution in [0.4, 0.5) is 0 Å². The molecule has 1 aromatic rings. The summed E-state index contributed by atoms with van der Waals surface area (Å²) in [4.78, 5) is 0. The van der Waals surface area contributed by atoms with Gasteiger partial charge in [-0.15, -0.1) is 11.6 Å². The molecule has 21 heavy (non-hydrogen) atoms. The third-order valence-electron chi connectivity index (χ3n) is 3.39. The van der Waals surface area contributed by atoms with E-state index in [1.807, 2.05) is 27.7 Å². The highest BCUT2D eigenvalue weighted by Crippen LogP contribution is 2.32. The molecule has 0 heterocycles. The van der Waals surface area contributed by atoms with E-state index in [1.54, 1.807) is 0 Å². The molecule has 0 aromatic heterocycles. The minimum atomic E-state index is 0.542. The summed E-state index contributed by atoms with van der Waals surface area (Å²) in [6, 6.07) is 4.69. The van der Waals surface area contributed by atoms with Gasteiger partial charge in [0.1, 0.15) is 0 Å². The number of alkyl halides is 1. The molecule has 1 heteroatoms. The second-order valence-corrected chi connectivity index (χ2v) is 6.04. The van der Waals surface area contributed by atoms with Gasteiger partial charge in [0, 0.05) is 5.88 Å². The maximum absolute atomic E-state index is 6.16. The van der Waals surface area contributed by atoms with Crippen molar-refractivity contribution >= 4 is 11.6 Å². The van der Waals surface area contributed by atoms with Crippen LogP contribution in [0.2, 0.25) is 0 Å².